The lowest BCUT2D eigenvalue weighted by Crippen LogP contribution is -2.03. The summed E-state index contributed by atoms with van der Waals surface area (Å²) in [6.45, 7) is 3.43. The lowest BCUT2D eigenvalue weighted by Gasteiger charge is -2.06. The first-order chi connectivity index (χ1) is 10.7. The van der Waals surface area contributed by atoms with Gasteiger partial charge in [-0.3, -0.25) is 0 Å². The summed E-state index contributed by atoms with van der Waals surface area (Å²) in [5, 5.41) is 3.96. The average molecular weight is 313 g/mol. The molecule has 0 saturated heterocycles. The van der Waals surface area contributed by atoms with E-state index in [1.165, 1.54) is 16.7 Å². The van der Waals surface area contributed by atoms with Crippen molar-refractivity contribution in [3.8, 4) is 0 Å². The molecule has 0 spiro atoms. The first-order valence-corrected chi connectivity index (χ1v) is 8.08. The van der Waals surface area contributed by atoms with Crippen LogP contribution < -0.4 is 0 Å². The normalized spacial score (nSPS) is 11.3. The number of hydrogen-bond acceptors (Lipinski definition) is 4. The summed E-state index contributed by atoms with van der Waals surface area (Å²) in [6.07, 6.45) is 1.72. The molecule has 0 bridgehead atoms. The molecule has 2 aromatic rings. The molecule has 22 heavy (non-hydrogen) atoms. The number of carbonyl (C=O) groups excluding carboxylic acids is 1. The summed E-state index contributed by atoms with van der Waals surface area (Å²) in [5.41, 5.74) is 1.79. The van der Waals surface area contributed by atoms with Gasteiger partial charge < -0.3 is 4.84 Å². The molecule has 0 aliphatic heterocycles. The predicted octanol–water partition coefficient (Wildman–Crippen LogP) is 4.91. The Balaban J connectivity index is 2.12. The fourth-order valence-corrected chi connectivity index (χ4v) is 2.78. The Labute approximate surface area is 135 Å². The van der Waals surface area contributed by atoms with Gasteiger partial charge in [-0.15, -0.1) is 0 Å². The predicted molar refractivity (Wildman–Crippen MR) is 90.2 cm³/mol. The molecule has 0 aliphatic rings. The van der Waals surface area contributed by atoms with Crippen molar-refractivity contribution in [2.45, 2.75) is 36.5 Å². The maximum Gasteiger partial charge on any atom is 0.331 e. The second-order valence-corrected chi connectivity index (χ2v) is 5.96. The van der Waals surface area contributed by atoms with Crippen molar-refractivity contribution in [3.63, 3.8) is 0 Å². The SMILES string of the molecule is CCCC(=NOC(C)=O)c1ccc(Sc2ccccc2)cc1. The van der Waals surface area contributed by atoms with Crippen molar-refractivity contribution < 1.29 is 9.63 Å². The zero-order valence-corrected chi connectivity index (χ0v) is 13.6. The molecule has 0 aliphatic carbocycles. The summed E-state index contributed by atoms with van der Waals surface area (Å²) < 4.78 is 0. The lowest BCUT2D eigenvalue weighted by atomic mass is 10.1. The minimum absolute atomic E-state index is 0.398. The van der Waals surface area contributed by atoms with Gasteiger partial charge in [0.2, 0.25) is 0 Å². The van der Waals surface area contributed by atoms with E-state index < -0.39 is 5.97 Å². The molecular formula is C18H19NO2S. The molecule has 0 aromatic heterocycles. The van der Waals surface area contributed by atoms with E-state index in [9.17, 15) is 4.79 Å². The van der Waals surface area contributed by atoms with Crippen LogP contribution in [0.4, 0.5) is 0 Å². The van der Waals surface area contributed by atoms with Gasteiger partial charge in [-0.1, -0.05) is 60.6 Å². The topological polar surface area (TPSA) is 38.7 Å². The van der Waals surface area contributed by atoms with Gasteiger partial charge in [0.15, 0.2) is 0 Å². The number of oxime groups is 1. The van der Waals surface area contributed by atoms with Crippen molar-refractivity contribution in [2.24, 2.45) is 5.16 Å². The Bertz CT molecular complexity index is 636. The fourth-order valence-electron chi connectivity index (χ4n) is 1.94. The number of nitrogens with zero attached hydrogens (tertiary/aromatic N) is 1. The maximum atomic E-state index is 10.9. The minimum Gasteiger partial charge on any atom is -0.318 e. The highest BCUT2D eigenvalue weighted by atomic mass is 32.2. The van der Waals surface area contributed by atoms with Gasteiger partial charge in [-0.25, -0.2) is 4.79 Å². The summed E-state index contributed by atoms with van der Waals surface area (Å²) >= 11 is 1.71. The molecule has 0 fully saturated rings. The van der Waals surface area contributed by atoms with Crippen LogP contribution in [0.2, 0.25) is 0 Å². The van der Waals surface area contributed by atoms with Gasteiger partial charge in [0.25, 0.3) is 0 Å². The highest BCUT2D eigenvalue weighted by Gasteiger charge is 2.05. The van der Waals surface area contributed by atoms with Gasteiger partial charge in [-0.05, 0) is 36.2 Å². The van der Waals surface area contributed by atoms with E-state index in [1.807, 2.05) is 30.3 Å². The summed E-state index contributed by atoms with van der Waals surface area (Å²) in [5.74, 6) is -0.398. The van der Waals surface area contributed by atoms with E-state index in [2.05, 4.69) is 36.3 Å². The van der Waals surface area contributed by atoms with Crippen LogP contribution in [0.3, 0.4) is 0 Å². The number of carbonyl (C=O) groups is 1. The molecule has 0 radical (unpaired) electrons. The standard InChI is InChI=1S/C18H19NO2S/c1-3-7-18(19-21-14(2)20)15-10-12-17(13-11-15)22-16-8-5-4-6-9-16/h4-6,8-13H,3,7H2,1-2H3. The number of benzene rings is 2. The number of hydrogen-bond donors (Lipinski definition) is 0. The first kappa shape index (κ1) is 16.3. The van der Waals surface area contributed by atoms with Crippen LogP contribution in [-0.4, -0.2) is 11.7 Å². The third-order valence-corrected chi connectivity index (χ3v) is 3.95. The Morgan fingerprint density at radius 2 is 1.68 bits per heavy atom. The molecule has 0 heterocycles. The maximum absolute atomic E-state index is 10.9. The Hall–Kier alpha value is -2.07. The number of rotatable bonds is 6. The Morgan fingerprint density at radius 3 is 2.27 bits per heavy atom. The third-order valence-electron chi connectivity index (χ3n) is 2.94. The quantitative estimate of drug-likeness (QED) is 0.432. The molecule has 2 rings (SSSR count). The molecular weight excluding hydrogens is 294 g/mol. The monoisotopic (exact) mass is 313 g/mol. The van der Waals surface area contributed by atoms with Crippen LogP contribution in [0.5, 0.6) is 0 Å². The molecule has 114 valence electrons. The average Bonchev–Trinajstić information content (AvgIpc) is 2.53. The van der Waals surface area contributed by atoms with E-state index >= 15 is 0 Å². The largest absolute Gasteiger partial charge is 0.331 e. The smallest absolute Gasteiger partial charge is 0.318 e. The summed E-state index contributed by atoms with van der Waals surface area (Å²) in [4.78, 5) is 18.1. The third kappa shape index (κ3) is 5.04. The van der Waals surface area contributed by atoms with Crippen LogP contribution in [0.1, 0.15) is 32.3 Å². The zero-order valence-electron chi connectivity index (χ0n) is 12.8. The van der Waals surface area contributed by atoms with E-state index in [0.29, 0.717) is 0 Å². The summed E-state index contributed by atoms with van der Waals surface area (Å²) in [6, 6.07) is 18.4. The molecule has 0 amide bonds. The second kappa shape index (κ2) is 8.39. The summed E-state index contributed by atoms with van der Waals surface area (Å²) in [7, 11) is 0. The van der Waals surface area contributed by atoms with E-state index in [-0.39, 0.29) is 0 Å². The van der Waals surface area contributed by atoms with Crippen LogP contribution >= 0.6 is 11.8 Å². The van der Waals surface area contributed by atoms with Crippen molar-refractivity contribution in [2.75, 3.05) is 0 Å². The Morgan fingerprint density at radius 1 is 1.05 bits per heavy atom. The molecule has 3 nitrogen and oxygen atoms in total. The van der Waals surface area contributed by atoms with Gasteiger partial charge in [0.05, 0.1) is 5.71 Å². The zero-order chi connectivity index (χ0) is 15.8. The first-order valence-electron chi connectivity index (χ1n) is 7.27. The van der Waals surface area contributed by atoms with Gasteiger partial charge in [-0.2, -0.15) is 0 Å². The molecule has 2 aromatic carbocycles. The molecule has 0 N–H and O–H groups in total. The van der Waals surface area contributed by atoms with Crippen molar-refractivity contribution in [3.05, 3.63) is 60.2 Å². The fraction of sp³-hybridized carbons (Fsp3) is 0.222. The van der Waals surface area contributed by atoms with Crippen LogP contribution in [0, 0.1) is 0 Å². The molecule has 4 heteroatoms. The molecule has 0 atom stereocenters. The van der Waals surface area contributed by atoms with Crippen molar-refractivity contribution in [1.82, 2.24) is 0 Å². The Kier molecular flexibility index (Phi) is 6.22. The van der Waals surface area contributed by atoms with Crippen LogP contribution in [0.25, 0.3) is 0 Å². The highest BCUT2D eigenvalue weighted by molar-refractivity contribution is 7.99. The highest BCUT2D eigenvalue weighted by Crippen LogP contribution is 2.27. The lowest BCUT2D eigenvalue weighted by molar-refractivity contribution is -0.140. The van der Waals surface area contributed by atoms with Gasteiger partial charge in [0, 0.05) is 16.7 Å². The van der Waals surface area contributed by atoms with Crippen molar-refractivity contribution >= 4 is 23.4 Å². The molecule has 0 saturated carbocycles. The van der Waals surface area contributed by atoms with E-state index in [0.717, 1.165) is 24.1 Å². The minimum atomic E-state index is -0.398. The second-order valence-electron chi connectivity index (χ2n) is 4.81. The van der Waals surface area contributed by atoms with E-state index in [4.69, 9.17) is 4.84 Å². The van der Waals surface area contributed by atoms with Crippen LogP contribution in [-0.2, 0) is 9.63 Å². The van der Waals surface area contributed by atoms with Gasteiger partial charge >= 0.3 is 5.97 Å². The van der Waals surface area contributed by atoms with Crippen LogP contribution in [0.15, 0.2) is 69.5 Å². The van der Waals surface area contributed by atoms with Crippen molar-refractivity contribution in [1.29, 1.82) is 0 Å². The van der Waals surface area contributed by atoms with E-state index in [1.54, 1.807) is 11.8 Å². The van der Waals surface area contributed by atoms with Gasteiger partial charge in [0.1, 0.15) is 0 Å². The molecule has 0 unspecified atom stereocenters.